The summed E-state index contributed by atoms with van der Waals surface area (Å²) in [6, 6.07) is 2.61. The maximum Gasteiger partial charge on any atom is 0.306 e. The molecule has 1 aliphatic heterocycles. The number of rotatable bonds is 5. The highest BCUT2D eigenvalue weighted by molar-refractivity contribution is 6.09. The SMILES string of the molecule is COC(=O)CC1(CC(=O)O)Cc2c(F)cc(N3CCCC3=O)cc2C1=O. The fraction of sp³-hybridized carbons (Fsp3) is 0.444. The molecular formula is C18H18FNO6. The summed E-state index contributed by atoms with van der Waals surface area (Å²) in [5.74, 6) is -3.43. The Kier molecular flexibility index (Phi) is 4.52. The molecule has 1 amide bonds. The molecule has 7 nitrogen and oxygen atoms in total. The third-order valence-electron chi connectivity index (χ3n) is 5.01. The summed E-state index contributed by atoms with van der Waals surface area (Å²) in [4.78, 5) is 49.3. The number of carboxylic acid groups (broad SMARTS) is 1. The minimum Gasteiger partial charge on any atom is -0.481 e. The highest BCUT2D eigenvalue weighted by atomic mass is 19.1. The minimum atomic E-state index is -1.57. The molecule has 8 heteroatoms. The Morgan fingerprint density at radius 1 is 1.31 bits per heavy atom. The van der Waals surface area contributed by atoms with E-state index in [1.807, 2.05) is 0 Å². The highest BCUT2D eigenvalue weighted by Gasteiger charge is 2.50. The number of carbonyl (C=O) groups excluding carboxylic acids is 3. The quantitative estimate of drug-likeness (QED) is 0.800. The Morgan fingerprint density at radius 3 is 2.62 bits per heavy atom. The number of amides is 1. The molecule has 1 N–H and O–H groups in total. The minimum absolute atomic E-state index is 0.0323. The van der Waals surface area contributed by atoms with Gasteiger partial charge < -0.3 is 14.7 Å². The zero-order valence-electron chi connectivity index (χ0n) is 14.2. The van der Waals surface area contributed by atoms with E-state index in [0.717, 1.165) is 7.11 Å². The molecule has 1 unspecified atom stereocenters. The second-order valence-corrected chi connectivity index (χ2v) is 6.71. The summed E-state index contributed by atoms with van der Waals surface area (Å²) in [6.45, 7) is 0.438. The number of methoxy groups -OCH3 is 1. The average molecular weight is 363 g/mol. The molecule has 1 atom stereocenters. The summed E-state index contributed by atoms with van der Waals surface area (Å²) in [7, 11) is 1.14. The average Bonchev–Trinajstić information content (AvgIpc) is 3.10. The molecule has 0 bridgehead atoms. The number of nitrogens with zero attached hydrogens (tertiary/aromatic N) is 1. The zero-order valence-corrected chi connectivity index (χ0v) is 14.2. The lowest BCUT2D eigenvalue weighted by molar-refractivity contribution is -0.144. The number of halogens is 1. The van der Waals surface area contributed by atoms with Crippen molar-refractivity contribution in [1.29, 1.82) is 0 Å². The number of ether oxygens (including phenoxy) is 1. The van der Waals surface area contributed by atoms with Crippen LogP contribution in [-0.4, -0.2) is 42.4 Å². The van der Waals surface area contributed by atoms with Gasteiger partial charge in [0.1, 0.15) is 5.82 Å². The third kappa shape index (κ3) is 2.95. The Bertz CT molecular complexity index is 820. The van der Waals surface area contributed by atoms with Gasteiger partial charge in [0, 0.05) is 24.2 Å². The van der Waals surface area contributed by atoms with Crippen molar-refractivity contribution in [3.05, 3.63) is 29.1 Å². The summed E-state index contributed by atoms with van der Waals surface area (Å²) >= 11 is 0. The number of ketones is 1. The maximum atomic E-state index is 14.7. The van der Waals surface area contributed by atoms with E-state index in [0.29, 0.717) is 19.4 Å². The van der Waals surface area contributed by atoms with Gasteiger partial charge in [0.2, 0.25) is 5.91 Å². The van der Waals surface area contributed by atoms with Gasteiger partial charge in [-0.25, -0.2) is 4.39 Å². The van der Waals surface area contributed by atoms with Crippen molar-refractivity contribution in [3.63, 3.8) is 0 Å². The molecule has 2 aliphatic rings. The Balaban J connectivity index is 2.03. The van der Waals surface area contributed by atoms with Gasteiger partial charge in [-0.1, -0.05) is 0 Å². The van der Waals surface area contributed by atoms with E-state index in [2.05, 4.69) is 4.74 Å². The molecule has 26 heavy (non-hydrogen) atoms. The van der Waals surface area contributed by atoms with Gasteiger partial charge in [0.05, 0.1) is 25.4 Å². The van der Waals surface area contributed by atoms with Crippen molar-refractivity contribution in [2.24, 2.45) is 5.41 Å². The number of hydrogen-bond donors (Lipinski definition) is 1. The number of fused-ring (bicyclic) bond motifs is 1. The molecule has 0 saturated carbocycles. The molecule has 1 saturated heterocycles. The van der Waals surface area contributed by atoms with Crippen molar-refractivity contribution >= 4 is 29.3 Å². The van der Waals surface area contributed by atoms with Crippen molar-refractivity contribution in [1.82, 2.24) is 0 Å². The molecule has 0 aromatic heterocycles. The first-order valence-corrected chi connectivity index (χ1v) is 8.23. The lowest BCUT2D eigenvalue weighted by Gasteiger charge is -2.23. The molecule has 1 fully saturated rings. The second kappa shape index (κ2) is 6.51. The standard InChI is InChI=1S/C18H18FNO6/c1-26-16(24)9-18(8-15(22)23)7-12-11(17(18)25)5-10(6-13(12)19)20-4-2-3-14(20)21/h5-6H,2-4,7-9H2,1H3,(H,22,23). The van der Waals surface area contributed by atoms with E-state index >= 15 is 0 Å². The summed E-state index contributed by atoms with van der Waals surface area (Å²) < 4.78 is 19.2. The van der Waals surface area contributed by atoms with Gasteiger partial charge in [0.15, 0.2) is 5.78 Å². The van der Waals surface area contributed by atoms with Crippen molar-refractivity contribution in [2.45, 2.75) is 32.1 Å². The number of benzene rings is 1. The van der Waals surface area contributed by atoms with Gasteiger partial charge in [-0.05, 0) is 30.5 Å². The number of esters is 1. The van der Waals surface area contributed by atoms with Crippen LogP contribution in [0.15, 0.2) is 12.1 Å². The summed E-state index contributed by atoms with van der Waals surface area (Å²) in [5.41, 5.74) is -1.18. The number of Topliss-reactive ketones (excluding diaryl/α,β-unsaturated/α-hetero) is 1. The predicted octanol–water partition coefficient (Wildman–Crippen LogP) is 1.72. The largest absolute Gasteiger partial charge is 0.481 e. The highest BCUT2D eigenvalue weighted by Crippen LogP contribution is 2.45. The van der Waals surface area contributed by atoms with Crippen LogP contribution in [0.25, 0.3) is 0 Å². The molecule has 1 aliphatic carbocycles. The number of carboxylic acids is 1. The first-order valence-electron chi connectivity index (χ1n) is 8.23. The molecule has 1 heterocycles. The van der Waals surface area contributed by atoms with Crippen molar-refractivity contribution in [3.8, 4) is 0 Å². The lowest BCUT2D eigenvalue weighted by atomic mass is 9.77. The Labute approximate surface area is 148 Å². The van der Waals surface area contributed by atoms with E-state index in [-0.39, 0.29) is 29.1 Å². The summed E-state index contributed by atoms with van der Waals surface area (Å²) in [5, 5.41) is 9.20. The second-order valence-electron chi connectivity index (χ2n) is 6.71. The topological polar surface area (TPSA) is 101 Å². The Morgan fingerprint density at radius 2 is 2.04 bits per heavy atom. The molecule has 1 aromatic rings. The maximum absolute atomic E-state index is 14.7. The number of hydrogen-bond acceptors (Lipinski definition) is 5. The first-order chi connectivity index (χ1) is 12.3. The van der Waals surface area contributed by atoms with E-state index in [4.69, 9.17) is 0 Å². The third-order valence-corrected chi connectivity index (χ3v) is 5.01. The summed E-state index contributed by atoms with van der Waals surface area (Å²) in [6.07, 6.45) is -0.231. The number of aliphatic carboxylic acids is 1. The van der Waals surface area contributed by atoms with E-state index < -0.39 is 41.8 Å². The molecule has 1 aromatic carbocycles. The van der Waals surface area contributed by atoms with Gasteiger partial charge in [-0.2, -0.15) is 0 Å². The van der Waals surface area contributed by atoms with Crippen LogP contribution in [0.4, 0.5) is 10.1 Å². The van der Waals surface area contributed by atoms with E-state index in [9.17, 15) is 28.7 Å². The van der Waals surface area contributed by atoms with Gasteiger partial charge in [0.25, 0.3) is 0 Å². The number of anilines is 1. The normalized spacial score (nSPS) is 21.8. The van der Waals surface area contributed by atoms with Gasteiger partial charge >= 0.3 is 11.9 Å². The smallest absolute Gasteiger partial charge is 0.306 e. The van der Waals surface area contributed by atoms with Gasteiger partial charge in [-0.15, -0.1) is 0 Å². The lowest BCUT2D eigenvalue weighted by Crippen LogP contribution is -2.34. The number of carbonyl (C=O) groups is 4. The van der Waals surface area contributed by atoms with Crippen LogP contribution in [0.5, 0.6) is 0 Å². The Hall–Kier alpha value is -2.77. The molecule has 3 rings (SSSR count). The van der Waals surface area contributed by atoms with Crippen LogP contribution in [0.2, 0.25) is 0 Å². The van der Waals surface area contributed by atoms with Crippen molar-refractivity contribution in [2.75, 3.05) is 18.6 Å². The van der Waals surface area contributed by atoms with Gasteiger partial charge in [-0.3, -0.25) is 19.2 Å². The molecular weight excluding hydrogens is 345 g/mol. The van der Waals surface area contributed by atoms with E-state index in [1.54, 1.807) is 0 Å². The van der Waals surface area contributed by atoms with Crippen LogP contribution in [-0.2, 0) is 25.5 Å². The van der Waals surface area contributed by atoms with Crippen LogP contribution in [0, 0.1) is 11.2 Å². The molecule has 0 radical (unpaired) electrons. The monoisotopic (exact) mass is 363 g/mol. The fourth-order valence-electron chi connectivity index (χ4n) is 3.77. The van der Waals surface area contributed by atoms with Crippen LogP contribution in [0.3, 0.4) is 0 Å². The van der Waals surface area contributed by atoms with Crippen LogP contribution < -0.4 is 4.90 Å². The van der Waals surface area contributed by atoms with Crippen LogP contribution >= 0.6 is 0 Å². The first kappa shape index (κ1) is 18.0. The van der Waals surface area contributed by atoms with E-state index in [1.165, 1.54) is 17.0 Å². The van der Waals surface area contributed by atoms with Crippen LogP contribution in [0.1, 0.15) is 41.6 Å². The molecule has 138 valence electrons. The van der Waals surface area contributed by atoms with Crippen molar-refractivity contribution < 1.29 is 33.4 Å². The zero-order chi connectivity index (χ0) is 19.1. The fourth-order valence-corrected chi connectivity index (χ4v) is 3.77. The molecule has 0 spiro atoms. The predicted molar refractivity (Wildman–Crippen MR) is 87.3 cm³/mol.